The van der Waals surface area contributed by atoms with Gasteiger partial charge in [0, 0.05) is 50.3 Å². The van der Waals surface area contributed by atoms with Crippen molar-refractivity contribution >= 4 is 60.8 Å². The summed E-state index contributed by atoms with van der Waals surface area (Å²) in [7, 11) is 0. The van der Waals surface area contributed by atoms with E-state index in [-0.39, 0.29) is 12.0 Å². The SMILES string of the molecule is Nc1ccc(-c2cccc3c2oc2c3ccc3c2c2ccccc2n3-c2ccccc2)c(N2c3ccccc3C3C=CC=CC32)c1. The van der Waals surface area contributed by atoms with Crippen molar-refractivity contribution in [2.45, 2.75) is 12.0 Å². The Bertz CT molecular complexity index is 2570. The van der Waals surface area contributed by atoms with Gasteiger partial charge in [0.05, 0.1) is 28.1 Å². The Labute approximate surface area is 265 Å². The molecule has 0 saturated carbocycles. The molecule has 0 amide bonds. The standard InChI is InChI=1S/C42H29N3O/c43-26-21-22-30(39(25-26)45-35-18-7-4-13-28(35)29-14-5-8-19-36(29)45)31-16-10-17-32-33-23-24-38-40(42(33)46-41(31)32)34-15-6-9-20-37(34)44(38)27-11-2-1-3-12-27/h1-25,28,35H,43H2. The maximum Gasteiger partial charge on any atom is 0.145 e. The van der Waals surface area contributed by atoms with Gasteiger partial charge in [0.15, 0.2) is 0 Å². The largest absolute Gasteiger partial charge is 0.455 e. The first-order valence-corrected chi connectivity index (χ1v) is 15.8. The van der Waals surface area contributed by atoms with Crippen molar-refractivity contribution in [1.82, 2.24) is 4.57 Å². The van der Waals surface area contributed by atoms with Crippen molar-refractivity contribution < 1.29 is 4.42 Å². The van der Waals surface area contributed by atoms with Crippen LogP contribution in [0.25, 0.3) is 60.6 Å². The molecule has 10 rings (SSSR count). The third-order valence-corrected chi connectivity index (χ3v) is 9.85. The fraction of sp³-hybridized carbons (Fsp3) is 0.0476. The summed E-state index contributed by atoms with van der Waals surface area (Å²) in [5, 5.41) is 4.53. The van der Waals surface area contributed by atoms with Crippen LogP contribution in [0.15, 0.2) is 156 Å². The molecule has 1 aliphatic carbocycles. The minimum atomic E-state index is 0.168. The Balaban J connectivity index is 1.25. The third kappa shape index (κ3) is 3.44. The molecule has 0 spiro atoms. The number of aromatic nitrogens is 1. The number of nitrogens with two attached hydrogens (primary N) is 1. The number of hydrogen-bond donors (Lipinski definition) is 1. The molecule has 8 aromatic rings. The second kappa shape index (κ2) is 9.50. The molecule has 2 N–H and O–H groups in total. The minimum Gasteiger partial charge on any atom is -0.455 e. The molecule has 0 radical (unpaired) electrons. The van der Waals surface area contributed by atoms with Gasteiger partial charge in [0.2, 0.25) is 0 Å². The van der Waals surface area contributed by atoms with Crippen LogP contribution in [0.5, 0.6) is 0 Å². The summed E-state index contributed by atoms with van der Waals surface area (Å²) in [5.41, 5.74) is 18.3. The molecule has 0 fully saturated rings. The van der Waals surface area contributed by atoms with Gasteiger partial charge in [0.25, 0.3) is 0 Å². The number of benzene rings is 6. The van der Waals surface area contributed by atoms with Crippen molar-refractivity contribution in [3.05, 3.63) is 157 Å². The molecule has 0 bridgehead atoms. The van der Waals surface area contributed by atoms with Crippen LogP contribution in [0.1, 0.15) is 11.5 Å². The van der Waals surface area contributed by atoms with E-state index < -0.39 is 0 Å². The maximum atomic E-state index is 7.04. The number of fused-ring (bicyclic) bond motifs is 10. The van der Waals surface area contributed by atoms with Gasteiger partial charge >= 0.3 is 0 Å². The molecule has 2 aliphatic rings. The molecule has 4 heteroatoms. The van der Waals surface area contributed by atoms with E-state index in [0.29, 0.717) is 0 Å². The lowest BCUT2D eigenvalue weighted by atomic mass is 9.91. The topological polar surface area (TPSA) is 47.3 Å². The molecule has 2 atom stereocenters. The Hall–Kier alpha value is -6.00. The summed E-state index contributed by atoms with van der Waals surface area (Å²) in [6, 6.07) is 45.3. The maximum absolute atomic E-state index is 7.04. The summed E-state index contributed by atoms with van der Waals surface area (Å²) >= 11 is 0. The van der Waals surface area contributed by atoms with Gasteiger partial charge in [-0.1, -0.05) is 103 Å². The zero-order chi connectivity index (χ0) is 30.4. The number of furan rings is 1. The van der Waals surface area contributed by atoms with Crippen LogP contribution in [0.3, 0.4) is 0 Å². The van der Waals surface area contributed by atoms with Crippen molar-refractivity contribution in [2.24, 2.45) is 0 Å². The van der Waals surface area contributed by atoms with E-state index in [1.54, 1.807) is 0 Å². The highest BCUT2D eigenvalue weighted by molar-refractivity contribution is 6.25. The zero-order valence-corrected chi connectivity index (χ0v) is 25.0. The van der Waals surface area contributed by atoms with Crippen molar-refractivity contribution in [2.75, 3.05) is 10.6 Å². The van der Waals surface area contributed by atoms with Crippen LogP contribution in [0, 0.1) is 0 Å². The first-order valence-electron chi connectivity index (χ1n) is 15.8. The molecule has 3 heterocycles. The van der Waals surface area contributed by atoms with Gasteiger partial charge < -0.3 is 19.6 Å². The summed E-state index contributed by atoms with van der Waals surface area (Å²) in [4.78, 5) is 2.46. The molecular weight excluding hydrogens is 562 g/mol. The smallest absolute Gasteiger partial charge is 0.145 e. The molecule has 0 saturated heterocycles. The van der Waals surface area contributed by atoms with Crippen molar-refractivity contribution in [1.29, 1.82) is 0 Å². The van der Waals surface area contributed by atoms with Gasteiger partial charge in [-0.3, -0.25) is 0 Å². The summed E-state index contributed by atoms with van der Waals surface area (Å²) in [5.74, 6) is 0.285. The number of anilines is 3. The lowest BCUT2D eigenvalue weighted by Gasteiger charge is -2.30. The summed E-state index contributed by atoms with van der Waals surface area (Å²) in [6.07, 6.45) is 8.93. The third-order valence-electron chi connectivity index (χ3n) is 9.85. The second-order valence-electron chi connectivity index (χ2n) is 12.3. The predicted molar refractivity (Wildman–Crippen MR) is 191 cm³/mol. The van der Waals surface area contributed by atoms with E-state index in [4.69, 9.17) is 10.2 Å². The molecule has 2 aromatic heterocycles. The van der Waals surface area contributed by atoms with Crippen LogP contribution in [-0.4, -0.2) is 10.6 Å². The van der Waals surface area contributed by atoms with E-state index >= 15 is 0 Å². The van der Waals surface area contributed by atoms with Gasteiger partial charge in [-0.15, -0.1) is 0 Å². The summed E-state index contributed by atoms with van der Waals surface area (Å²) < 4.78 is 9.38. The number of hydrogen-bond acceptors (Lipinski definition) is 3. The fourth-order valence-electron chi connectivity index (χ4n) is 7.92. The van der Waals surface area contributed by atoms with Crippen LogP contribution in [0.4, 0.5) is 17.1 Å². The highest BCUT2D eigenvalue weighted by Gasteiger charge is 2.38. The highest BCUT2D eigenvalue weighted by Crippen LogP contribution is 2.51. The lowest BCUT2D eigenvalue weighted by Crippen LogP contribution is -2.29. The van der Waals surface area contributed by atoms with Crippen LogP contribution in [0.2, 0.25) is 0 Å². The summed E-state index contributed by atoms with van der Waals surface area (Å²) in [6.45, 7) is 0. The Morgan fingerprint density at radius 3 is 2.28 bits per heavy atom. The molecule has 2 unspecified atom stereocenters. The molecular formula is C42H29N3O. The number of nitrogens with zero attached hydrogens (tertiary/aromatic N) is 2. The van der Waals surface area contributed by atoms with E-state index in [1.165, 1.54) is 16.6 Å². The quantitative estimate of drug-likeness (QED) is 0.208. The van der Waals surface area contributed by atoms with Gasteiger partial charge in [-0.05, 0) is 54.1 Å². The van der Waals surface area contributed by atoms with Gasteiger partial charge in [-0.2, -0.15) is 0 Å². The van der Waals surface area contributed by atoms with Gasteiger partial charge in [-0.25, -0.2) is 0 Å². The Morgan fingerprint density at radius 2 is 1.35 bits per heavy atom. The van der Waals surface area contributed by atoms with Crippen molar-refractivity contribution in [3.8, 4) is 16.8 Å². The van der Waals surface area contributed by atoms with E-state index in [9.17, 15) is 0 Å². The Kier molecular flexibility index (Phi) is 5.23. The zero-order valence-electron chi connectivity index (χ0n) is 25.0. The Morgan fingerprint density at radius 1 is 0.565 bits per heavy atom. The number of allylic oxidation sites excluding steroid dienone is 2. The number of para-hydroxylation sites is 4. The first-order chi connectivity index (χ1) is 22.8. The average Bonchev–Trinajstić information content (AvgIpc) is 3.76. The minimum absolute atomic E-state index is 0.168. The van der Waals surface area contributed by atoms with E-state index in [1.807, 2.05) is 6.07 Å². The molecule has 4 nitrogen and oxygen atoms in total. The molecule has 1 aliphatic heterocycles. The molecule has 6 aromatic carbocycles. The van der Waals surface area contributed by atoms with E-state index in [0.717, 1.165) is 66.5 Å². The highest BCUT2D eigenvalue weighted by atomic mass is 16.3. The van der Waals surface area contributed by atoms with Crippen LogP contribution < -0.4 is 10.6 Å². The normalized spacial score (nSPS) is 17.0. The molecule has 46 heavy (non-hydrogen) atoms. The lowest BCUT2D eigenvalue weighted by molar-refractivity contribution is 0.674. The predicted octanol–water partition coefficient (Wildman–Crippen LogP) is 10.7. The van der Waals surface area contributed by atoms with Crippen LogP contribution in [-0.2, 0) is 0 Å². The second-order valence-corrected chi connectivity index (χ2v) is 12.3. The fourth-order valence-corrected chi connectivity index (χ4v) is 7.92. The van der Waals surface area contributed by atoms with E-state index in [2.05, 4.69) is 155 Å². The first kappa shape index (κ1) is 25.3. The van der Waals surface area contributed by atoms with Gasteiger partial charge in [0.1, 0.15) is 11.2 Å². The number of nitrogen functional groups attached to an aromatic ring is 1. The molecule has 218 valence electrons. The monoisotopic (exact) mass is 591 g/mol. The number of rotatable bonds is 3. The average molecular weight is 592 g/mol. The van der Waals surface area contributed by atoms with Crippen molar-refractivity contribution in [3.63, 3.8) is 0 Å². The van der Waals surface area contributed by atoms with Crippen LogP contribution >= 0.6 is 0 Å².